The number of primary amides is 1. The number of fused-ring (bicyclic) bond motifs is 1. The van der Waals surface area contributed by atoms with Gasteiger partial charge in [0.1, 0.15) is 0 Å². The van der Waals surface area contributed by atoms with Gasteiger partial charge in [-0.1, -0.05) is 30.3 Å². The highest BCUT2D eigenvalue weighted by Gasteiger charge is 2.23. The fourth-order valence-corrected chi connectivity index (χ4v) is 3.88. The van der Waals surface area contributed by atoms with E-state index in [0.717, 1.165) is 15.1 Å². The second kappa shape index (κ2) is 7.79. The minimum absolute atomic E-state index is 0.118. The molecule has 0 aliphatic carbocycles. The second-order valence-corrected chi connectivity index (χ2v) is 8.30. The third-order valence-corrected chi connectivity index (χ3v) is 6.05. The van der Waals surface area contributed by atoms with Crippen molar-refractivity contribution in [2.24, 2.45) is 5.73 Å². The van der Waals surface area contributed by atoms with E-state index in [1.807, 2.05) is 24.3 Å². The van der Waals surface area contributed by atoms with Crippen molar-refractivity contribution in [1.29, 1.82) is 0 Å². The lowest BCUT2D eigenvalue weighted by molar-refractivity contribution is -0.116. The van der Waals surface area contributed by atoms with E-state index < -0.39 is 21.8 Å². The molecule has 0 aliphatic heterocycles. The summed E-state index contributed by atoms with van der Waals surface area (Å²) in [5.74, 6) is -1.07. The van der Waals surface area contributed by atoms with Crippen molar-refractivity contribution in [3.8, 4) is 0 Å². The third-order valence-electron chi connectivity index (χ3n) is 4.25. The number of nitrogens with two attached hydrogens (primary N) is 1. The lowest BCUT2D eigenvalue weighted by Gasteiger charge is -2.17. The van der Waals surface area contributed by atoms with E-state index in [1.165, 1.54) is 37.4 Å². The van der Waals surface area contributed by atoms with Crippen molar-refractivity contribution < 1.29 is 18.0 Å². The smallest absolute Gasteiger partial charge is 0.248 e. The average molecular weight is 397 g/mol. The number of rotatable bonds is 6. The van der Waals surface area contributed by atoms with Crippen LogP contribution in [0.3, 0.4) is 0 Å². The Labute approximate surface area is 162 Å². The Balaban J connectivity index is 1.71. The fourth-order valence-electron chi connectivity index (χ4n) is 2.71. The summed E-state index contributed by atoms with van der Waals surface area (Å²) in [6, 6.07) is 18.3. The molecule has 3 aromatic carbocycles. The number of likely N-dealkylation sites (N-methyl/N-ethyl adjacent to an activating group) is 1. The molecule has 0 atom stereocenters. The fraction of sp³-hybridized carbons (Fsp3) is 0.100. The first-order chi connectivity index (χ1) is 13.3. The molecule has 0 aromatic heterocycles. The van der Waals surface area contributed by atoms with Gasteiger partial charge < -0.3 is 11.1 Å². The van der Waals surface area contributed by atoms with E-state index in [2.05, 4.69) is 5.32 Å². The largest absolute Gasteiger partial charge is 0.366 e. The van der Waals surface area contributed by atoms with Crippen molar-refractivity contribution in [2.45, 2.75) is 4.90 Å². The molecule has 0 spiro atoms. The second-order valence-electron chi connectivity index (χ2n) is 6.26. The van der Waals surface area contributed by atoms with Crippen molar-refractivity contribution in [3.63, 3.8) is 0 Å². The molecule has 3 N–H and O–H groups in total. The third kappa shape index (κ3) is 4.19. The van der Waals surface area contributed by atoms with Gasteiger partial charge in [-0.15, -0.1) is 0 Å². The van der Waals surface area contributed by atoms with Crippen LogP contribution in [0.5, 0.6) is 0 Å². The van der Waals surface area contributed by atoms with Gasteiger partial charge in [-0.25, -0.2) is 8.42 Å². The first-order valence-electron chi connectivity index (χ1n) is 8.42. The molecule has 7 nitrogen and oxygen atoms in total. The maximum atomic E-state index is 12.8. The lowest BCUT2D eigenvalue weighted by Crippen LogP contribution is -2.35. The molecule has 8 heteroatoms. The summed E-state index contributed by atoms with van der Waals surface area (Å²) in [6.45, 7) is -0.354. The van der Waals surface area contributed by atoms with Crippen LogP contribution in [-0.4, -0.2) is 38.1 Å². The van der Waals surface area contributed by atoms with Crippen LogP contribution in [0.25, 0.3) is 10.8 Å². The number of anilines is 1. The summed E-state index contributed by atoms with van der Waals surface area (Å²) in [5, 5.41) is 4.33. The Hall–Kier alpha value is -3.23. The Kier molecular flexibility index (Phi) is 5.43. The molecule has 0 saturated carbocycles. The number of carbonyl (C=O) groups is 2. The normalized spacial score (nSPS) is 11.5. The highest BCUT2D eigenvalue weighted by molar-refractivity contribution is 7.89. The monoisotopic (exact) mass is 397 g/mol. The molecule has 0 aliphatic rings. The summed E-state index contributed by atoms with van der Waals surface area (Å²) in [4.78, 5) is 23.4. The Morgan fingerprint density at radius 3 is 2.25 bits per heavy atom. The molecular weight excluding hydrogens is 378 g/mol. The van der Waals surface area contributed by atoms with Crippen LogP contribution < -0.4 is 11.1 Å². The van der Waals surface area contributed by atoms with E-state index in [-0.39, 0.29) is 11.4 Å². The van der Waals surface area contributed by atoms with Gasteiger partial charge in [0.15, 0.2) is 0 Å². The molecule has 3 rings (SSSR count). The zero-order chi connectivity index (χ0) is 20.3. The number of amides is 2. The van der Waals surface area contributed by atoms with E-state index in [0.29, 0.717) is 11.3 Å². The van der Waals surface area contributed by atoms with Crippen LogP contribution in [0, 0.1) is 0 Å². The van der Waals surface area contributed by atoms with Crippen LogP contribution >= 0.6 is 0 Å². The summed E-state index contributed by atoms with van der Waals surface area (Å²) < 4.78 is 26.5. The van der Waals surface area contributed by atoms with Crippen LogP contribution in [-0.2, 0) is 14.8 Å². The van der Waals surface area contributed by atoms with Crippen LogP contribution in [0.1, 0.15) is 10.4 Å². The number of benzene rings is 3. The van der Waals surface area contributed by atoms with Crippen LogP contribution in [0.4, 0.5) is 5.69 Å². The van der Waals surface area contributed by atoms with Gasteiger partial charge in [-0.05, 0) is 47.2 Å². The quantitative estimate of drug-likeness (QED) is 0.664. The molecule has 0 unspecified atom stereocenters. The van der Waals surface area contributed by atoms with Crippen LogP contribution in [0.15, 0.2) is 71.6 Å². The SMILES string of the molecule is CN(CC(=O)Nc1ccc(C(N)=O)cc1)S(=O)(=O)c1ccc2ccccc2c1. The number of sulfonamides is 1. The highest BCUT2D eigenvalue weighted by atomic mass is 32.2. The molecule has 0 heterocycles. The summed E-state index contributed by atoms with van der Waals surface area (Å²) in [5.41, 5.74) is 5.92. The maximum absolute atomic E-state index is 12.8. The van der Waals surface area contributed by atoms with E-state index in [1.54, 1.807) is 12.1 Å². The topological polar surface area (TPSA) is 110 Å². The Morgan fingerprint density at radius 1 is 0.964 bits per heavy atom. The molecule has 0 bridgehead atoms. The van der Waals surface area contributed by atoms with E-state index in [4.69, 9.17) is 5.73 Å². The molecular formula is C20H19N3O4S. The van der Waals surface area contributed by atoms with Crippen LogP contribution in [0.2, 0.25) is 0 Å². The van der Waals surface area contributed by atoms with Gasteiger partial charge in [0.05, 0.1) is 11.4 Å². The predicted octanol–water partition coefficient (Wildman–Crippen LogP) is 2.20. The zero-order valence-electron chi connectivity index (χ0n) is 15.1. The summed E-state index contributed by atoms with van der Waals surface area (Å²) >= 11 is 0. The average Bonchev–Trinajstić information content (AvgIpc) is 2.67. The Bertz CT molecular complexity index is 1140. The number of hydrogen-bond donors (Lipinski definition) is 2. The molecule has 0 fully saturated rings. The standard InChI is InChI=1S/C20H19N3O4S/c1-23(13-19(24)22-17-9-6-15(7-10-17)20(21)25)28(26,27)18-11-8-14-4-2-3-5-16(14)12-18/h2-12H,13H2,1H3,(H2,21,25)(H,22,24). The molecule has 0 saturated heterocycles. The van der Waals surface area contributed by atoms with Gasteiger partial charge >= 0.3 is 0 Å². The van der Waals surface area contributed by atoms with Gasteiger partial charge in [0, 0.05) is 18.3 Å². The van der Waals surface area contributed by atoms with E-state index in [9.17, 15) is 18.0 Å². The van der Waals surface area contributed by atoms with E-state index >= 15 is 0 Å². The van der Waals surface area contributed by atoms with Gasteiger partial charge in [0.25, 0.3) is 0 Å². The lowest BCUT2D eigenvalue weighted by atomic mass is 10.1. The highest BCUT2D eigenvalue weighted by Crippen LogP contribution is 2.21. The van der Waals surface area contributed by atoms with Crippen molar-refractivity contribution in [2.75, 3.05) is 18.9 Å². The zero-order valence-corrected chi connectivity index (χ0v) is 15.9. The molecule has 3 aromatic rings. The first kappa shape index (κ1) is 19.5. The first-order valence-corrected chi connectivity index (χ1v) is 9.86. The number of carbonyl (C=O) groups excluding carboxylic acids is 2. The minimum Gasteiger partial charge on any atom is -0.366 e. The summed E-state index contributed by atoms with van der Waals surface area (Å²) in [6.07, 6.45) is 0. The van der Waals surface area contributed by atoms with Crippen molar-refractivity contribution in [3.05, 3.63) is 72.3 Å². The maximum Gasteiger partial charge on any atom is 0.248 e. The number of nitrogens with zero attached hydrogens (tertiary/aromatic N) is 1. The number of hydrogen-bond acceptors (Lipinski definition) is 4. The number of nitrogens with one attached hydrogen (secondary N) is 1. The molecule has 0 radical (unpaired) electrons. The summed E-state index contributed by atoms with van der Waals surface area (Å²) in [7, 11) is -2.48. The molecule has 2 amide bonds. The van der Waals surface area contributed by atoms with Crippen molar-refractivity contribution in [1.82, 2.24) is 4.31 Å². The predicted molar refractivity (Wildman–Crippen MR) is 107 cm³/mol. The van der Waals surface area contributed by atoms with Gasteiger partial charge in [-0.2, -0.15) is 4.31 Å². The molecule has 28 heavy (non-hydrogen) atoms. The Morgan fingerprint density at radius 2 is 1.61 bits per heavy atom. The minimum atomic E-state index is -3.82. The molecule has 144 valence electrons. The van der Waals surface area contributed by atoms with Gasteiger partial charge in [-0.3, -0.25) is 9.59 Å². The van der Waals surface area contributed by atoms with Gasteiger partial charge in [0.2, 0.25) is 21.8 Å². The van der Waals surface area contributed by atoms with Crippen molar-refractivity contribution >= 4 is 38.3 Å².